The summed E-state index contributed by atoms with van der Waals surface area (Å²) in [4.78, 5) is 38.5. The van der Waals surface area contributed by atoms with Crippen molar-refractivity contribution in [3.8, 4) is 0 Å². The highest BCUT2D eigenvalue weighted by Crippen LogP contribution is 2.71. The molecule has 0 heterocycles. The summed E-state index contributed by atoms with van der Waals surface area (Å²) < 4.78 is 23.4. The number of hydrogen-bond donors (Lipinski definition) is 3. The average Bonchev–Trinajstić information content (AvgIpc) is 3.01. The maximum Gasteiger partial charge on any atom is 0.408 e. The second-order valence-electron chi connectivity index (χ2n) is 13.3. The molecular weight excluding hydrogens is 477 g/mol. The number of alkyl carbamates (subject to hydrolysis) is 1. The van der Waals surface area contributed by atoms with E-state index in [0.717, 1.165) is 0 Å². The van der Waals surface area contributed by atoms with Crippen molar-refractivity contribution in [2.75, 3.05) is 13.2 Å². The average molecular weight is 520 g/mol. The van der Waals surface area contributed by atoms with Gasteiger partial charge in [0.25, 0.3) is 0 Å². The van der Waals surface area contributed by atoms with Crippen LogP contribution < -0.4 is 5.32 Å². The van der Waals surface area contributed by atoms with Gasteiger partial charge in [0.15, 0.2) is 17.1 Å². The molecule has 3 fully saturated rings. The van der Waals surface area contributed by atoms with Crippen LogP contribution in [0.15, 0.2) is 23.8 Å². The standard InChI is InChI=1S/C29H42FNO6/c1-17-13-21-20-8-7-18-14-19(33)9-10-26(18,5)28(20,30)22(34)15-27(21,6)29(17,23(35)16-32)37-24(36)31-12-11-25(2,3)4/h9-10,14,17,20-22,32,34H,7-8,11-13,15-16H2,1-6H3,(H,31,36)/t17-,20?,21?,22-,26-,27-,28?,29+/m0/s1. The maximum atomic E-state index is 17.4. The lowest BCUT2D eigenvalue weighted by Crippen LogP contribution is -2.70. The van der Waals surface area contributed by atoms with Gasteiger partial charge in [-0.3, -0.25) is 9.59 Å². The highest BCUT2D eigenvalue weighted by Gasteiger charge is 2.77. The molecular formula is C29H42FNO6. The van der Waals surface area contributed by atoms with Crippen LogP contribution in [0.3, 0.4) is 0 Å². The number of allylic oxidation sites excluding steroid dienone is 4. The second kappa shape index (κ2) is 9.01. The zero-order valence-electron chi connectivity index (χ0n) is 22.9. The third kappa shape index (κ3) is 3.92. The molecule has 37 heavy (non-hydrogen) atoms. The second-order valence-corrected chi connectivity index (χ2v) is 13.3. The first kappa shape index (κ1) is 28.0. The van der Waals surface area contributed by atoms with Crippen LogP contribution in [-0.4, -0.2) is 58.4 Å². The fourth-order valence-electron chi connectivity index (χ4n) is 8.24. The number of carbonyl (C=O) groups is 3. The number of Topliss-reactive ketones (excluding diaryl/α,β-unsaturated/α-hetero) is 1. The molecule has 4 aliphatic carbocycles. The van der Waals surface area contributed by atoms with Crippen LogP contribution in [0.2, 0.25) is 0 Å². The minimum Gasteiger partial charge on any atom is -0.434 e. The molecule has 3 unspecified atom stereocenters. The van der Waals surface area contributed by atoms with E-state index in [0.29, 0.717) is 37.8 Å². The van der Waals surface area contributed by atoms with Gasteiger partial charge in [-0.25, -0.2) is 9.18 Å². The van der Waals surface area contributed by atoms with Gasteiger partial charge in [0.2, 0.25) is 5.78 Å². The van der Waals surface area contributed by atoms with Gasteiger partial charge in [0.05, 0.1) is 6.10 Å². The number of ether oxygens (including phenoxy) is 1. The van der Waals surface area contributed by atoms with Gasteiger partial charge in [-0.1, -0.05) is 46.3 Å². The summed E-state index contributed by atoms with van der Waals surface area (Å²) in [7, 11) is 0. The van der Waals surface area contributed by atoms with Crippen molar-refractivity contribution in [3.05, 3.63) is 23.8 Å². The minimum atomic E-state index is -2.05. The summed E-state index contributed by atoms with van der Waals surface area (Å²) >= 11 is 0. The van der Waals surface area contributed by atoms with E-state index >= 15 is 4.39 Å². The lowest BCUT2D eigenvalue weighted by Gasteiger charge is -2.62. The predicted molar refractivity (Wildman–Crippen MR) is 136 cm³/mol. The Hall–Kier alpha value is -2.06. The van der Waals surface area contributed by atoms with Crippen LogP contribution in [0.1, 0.15) is 73.6 Å². The molecule has 3 saturated carbocycles. The van der Waals surface area contributed by atoms with E-state index in [9.17, 15) is 24.6 Å². The molecule has 1 amide bonds. The fourth-order valence-corrected chi connectivity index (χ4v) is 8.24. The molecule has 0 bridgehead atoms. The molecule has 0 aromatic rings. The molecule has 0 saturated heterocycles. The molecule has 0 aromatic heterocycles. The molecule has 0 aromatic carbocycles. The van der Waals surface area contributed by atoms with E-state index in [1.54, 1.807) is 26.8 Å². The van der Waals surface area contributed by atoms with E-state index in [1.807, 2.05) is 0 Å². The number of hydrogen-bond acceptors (Lipinski definition) is 6. The number of ketones is 2. The highest BCUT2D eigenvalue weighted by atomic mass is 19.1. The topological polar surface area (TPSA) is 113 Å². The third-order valence-electron chi connectivity index (χ3n) is 10.1. The first-order chi connectivity index (χ1) is 17.1. The maximum absolute atomic E-state index is 17.4. The van der Waals surface area contributed by atoms with Crippen molar-refractivity contribution < 1.29 is 33.7 Å². The molecule has 7 nitrogen and oxygen atoms in total. The fraction of sp³-hybridized carbons (Fsp3) is 0.759. The Morgan fingerprint density at radius 2 is 1.92 bits per heavy atom. The lowest BCUT2D eigenvalue weighted by molar-refractivity contribution is -0.219. The van der Waals surface area contributed by atoms with Gasteiger partial charge < -0.3 is 20.3 Å². The lowest BCUT2D eigenvalue weighted by atomic mass is 9.44. The Bertz CT molecular complexity index is 1050. The van der Waals surface area contributed by atoms with E-state index in [2.05, 4.69) is 26.1 Å². The molecule has 4 aliphatic rings. The van der Waals surface area contributed by atoms with Crippen molar-refractivity contribution >= 4 is 17.7 Å². The largest absolute Gasteiger partial charge is 0.434 e. The summed E-state index contributed by atoms with van der Waals surface area (Å²) in [6.07, 6.45) is 4.15. The number of nitrogens with one attached hydrogen (secondary N) is 1. The Morgan fingerprint density at radius 1 is 1.24 bits per heavy atom. The zero-order valence-corrected chi connectivity index (χ0v) is 22.9. The van der Waals surface area contributed by atoms with E-state index in [1.165, 1.54) is 12.2 Å². The number of aliphatic hydroxyl groups is 2. The van der Waals surface area contributed by atoms with Crippen LogP contribution >= 0.6 is 0 Å². The number of alkyl halides is 1. The van der Waals surface area contributed by atoms with Crippen LogP contribution in [0.4, 0.5) is 9.18 Å². The number of amides is 1. The Labute approximate surface area is 218 Å². The highest BCUT2D eigenvalue weighted by molar-refractivity contribution is 6.01. The van der Waals surface area contributed by atoms with Crippen molar-refractivity contribution in [3.63, 3.8) is 0 Å². The quantitative estimate of drug-likeness (QED) is 0.505. The molecule has 3 N–H and O–H groups in total. The summed E-state index contributed by atoms with van der Waals surface area (Å²) in [5.41, 5.74) is -5.31. The predicted octanol–water partition coefficient (Wildman–Crippen LogP) is 4.07. The van der Waals surface area contributed by atoms with Gasteiger partial charge >= 0.3 is 6.09 Å². The molecule has 8 atom stereocenters. The number of carbonyl (C=O) groups excluding carboxylic acids is 3. The first-order valence-electron chi connectivity index (χ1n) is 13.5. The number of fused-ring (bicyclic) bond motifs is 5. The number of halogens is 1. The van der Waals surface area contributed by atoms with Crippen molar-refractivity contribution in [2.24, 2.45) is 34.0 Å². The van der Waals surface area contributed by atoms with Crippen LogP contribution in [-0.2, 0) is 14.3 Å². The van der Waals surface area contributed by atoms with E-state index < -0.39 is 58.5 Å². The van der Waals surface area contributed by atoms with Gasteiger partial charge in [0.1, 0.15) is 6.61 Å². The Morgan fingerprint density at radius 3 is 2.54 bits per heavy atom. The van der Waals surface area contributed by atoms with Crippen LogP contribution in [0.25, 0.3) is 0 Å². The van der Waals surface area contributed by atoms with Gasteiger partial charge in [-0.05, 0) is 62.5 Å². The van der Waals surface area contributed by atoms with Crippen molar-refractivity contribution in [2.45, 2.75) is 91.0 Å². The smallest absolute Gasteiger partial charge is 0.408 e. The van der Waals surface area contributed by atoms with Crippen LogP contribution in [0.5, 0.6) is 0 Å². The molecule has 0 radical (unpaired) electrons. The van der Waals surface area contributed by atoms with Gasteiger partial charge in [-0.2, -0.15) is 0 Å². The molecule has 206 valence electrons. The third-order valence-corrected chi connectivity index (χ3v) is 10.1. The Balaban J connectivity index is 1.72. The zero-order chi connectivity index (χ0) is 27.6. The molecule has 8 heteroatoms. The summed E-state index contributed by atoms with van der Waals surface area (Å²) in [6, 6.07) is 0. The van der Waals surface area contributed by atoms with Gasteiger partial charge in [0, 0.05) is 29.2 Å². The van der Waals surface area contributed by atoms with E-state index in [-0.39, 0.29) is 23.5 Å². The van der Waals surface area contributed by atoms with Gasteiger partial charge in [-0.15, -0.1) is 0 Å². The first-order valence-corrected chi connectivity index (χ1v) is 13.5. The van der Waals surface area contributed by atoms with Crippen molar-refractivity contribution in [1.29, 1.82) is 0 Å². The minimum absolute atomic E-state index is 0.00981. The summed E-state index contributed by atoms with van der Waals surface area (Å²) in [5.74, 6) is -2.29. The SMILES string of the molecule is C[C@H]1CC2C3CCC4=CC(=O)C=C[C@]4(C)C3(F)[C@@H](O)C[C@]2(C)[C@]1(OC(=O)NCCC(C)(C)C)C(=O)CO. The molecule has 0 aliphatic heterocycles. The van der Waals surface area contributed by atoms with Crippen molar-refractivity contribution in [1.82, 2.24) is 5.32 Å². The Kier molecular flexibility index (Phi) is 6.81. The summed E-state index contributed by atoms with van der Waals surface area (Å²) in [6.45, 7) is 11.0. The number of rotatable bonds is 5. The number of aliphatic hydroxyl groups excluding tert-OH is 2. The molecule has 0 spiro atoms. The summed E-state index contributed by atoms with van der Waals surface area (Å²) in [5, 5.41) is 24.3. The normalized spacial score (nSPS) is 42.8. The molecule has 4 rings (SSSR count). The van der Waals surface area contributed by atoms with Crippen LogP contribution in [0, 0.1) is 34.0 Å². The monoisotopic (exact) mass is 519 g/mol. The van der Waals surface area contributed by atoms with E-state index in [4.69, 9.17) is 4.74 Å².